The number of hydrogen-bond donors (Lipinski definition) is 0. The summed E-state index contributed by atoms with van der Waals surface area (Å²) in [4.78, 5) is 0. The molecule has 0 aromatic heterocycles. The Bertz CT molecular complexity index is 73.3. The Morgan fingerprint density at radius 3 is 2.14 bits per heavy atom. The molecule has 0 aromatic rings. The van der Waals surface area contributed by atoms with Crippen molar-refractivity contribution in [3.63, 3.8) is 0 Å². The zero-order chi connectivity index (χ0) is 5.86. The molecule has 0 bridgehead atoms. The third kappa shape index (κ3) is 7.03. The van der Waals surface area contributed by atoms with Crippen molar-refractivity contribution in [2.24, 2.45) is 0 Å². The Kier molecular flexibility index (Phi) is 4.55. The Balaban J connectivity index is 3.13. The summed E-state index contributed by atoms with van der Waals surface area (Å²) < 4.78 is 22.4. The van der Waals surface area contributed by atoms with E-state index in [9.17, 15) is 8.76 Å². The van der Waals surface area contributed by atoms with Crippen LogP contribution >= 0.6 is 31.9 Å². The third-order valence-corrected chi connectivity index (χ3v) is 1.37. The maximum Gasteiger partial charge on any atom is 0.182 e. The predicted octanol–water partition coefficient (Wildman–Crippen LogP) is 0.871. The summed E-state index contributed by atoms with van der Waals surface area (Å²) >= 11 is 3.11. The van der Waals surface area contributed by atoms with Gasteiger partial charge < -0.3 is 4.55 Å². The molecule has 44 valence electrons. The molecule has 0 aromatic carbocycles. The quantitative estimate of drug-likeness (QED) is 0.541. The van der Waals surface area contributed by atoms with E-state index in [2.05, 4.69) is 36.0 Å². The average Bonchev–Trinajstić information content (AvgIpc) is 1.27. The molecule has 0 aliphatic heterocycles. The van der Waals surface area contributed by atoms with E-state index in [4.69, 9.17) is 0 Å². The highest BCUT2D eigenvalue weighted by atomic mass is 79.9. The molecule has 7 heavy (non-hydrogen) atoms. The summed E-state index contributed by atoms with van der Waals surface area (Å²) in [5.74, 6) is 0. The van der Waals surface area contributed by atoms with Crippen LogP contribution in [0.25, 0.3) is 0 Å². The summed E-state index contributed by atoms with van der Waals surface area (Å²) in [6.45, 7) is 0. The molecule has 0 saturated carbocycles. The molecule has 6 heteroatoms. The van der Waals surface area contributed by atoms with Gasteiger partial charge in [0, 0.05) is 0 Å². The second-order valence-corrected chi connectivity index (χ2v) is 4.05. The molecule has 0 N–H and O–H groups in total. The minimum absolute atomic E-state index is 0.613. The van der Waals surface area contributed by atoms with Gasteiger partial charge in [-0.1, -0.05) is 0 Å². The Labute approximate surface area is 60.2 Å². The van der Waals surface area contributed by atoms with Gasteiger partial charge in [0.2, 0.25) is 0 Å². The number of hydrogen-bond acceptors (Lipinski definition) is 3. The van der Waals surface area contributed by atoms with Crippen molar-refractivity contribution in [1.82, 2.24) is 0 Å². The fourth-order valence-electron chi connectivity index (χ4n) is 0.0594. The first-order chi connectivity index (χ1) is 3.13. The lowest BCUT2D eigenvalue weighted by molar-refractivity contribution is 0.343. The van der Waals surface area contributed by atoms with Crippen LogP contribution in [0, 0.1) is 0 Å². The van der Waals surface area contributed by atoms with Gasteiger partial charge in [0.05, 0.1) is 11.4 Å². The molecular formula is CHBr2O3S-. The van der Waals surface area contributed by atoms with Crippen molar-refractivity contribution < 1.29 is 12.9 Å². The van der Waals surface area contributed by atoms with Crippen LogP contribution in [0.1, 0.15) is 0 Å². The van der Waals surface area contributed by atoms with Gasteiger partial charge in [-0.3, -0.25) is 4.18 Å². The van der Waals surface area contributed by atoms with E-state index in [1.165, 1.54) is 0 Å². The maximum atomic E-state index is 9.53. The van der Waals surface area contributed by atoms with Gasteiger partial charge in [0.15, 0.2) is 3.92 Å². The minimum atomic E-state index is -2.44. The third-order valence-electron chi connectivity index (χ3n) is 0.151. The standard InChI is InChI=1S/CH2Br2O3S/c2-1(3)6-7(4)5/h1H,(H,4,5)/p-1. The Hall–Kier alpha value is 1.03. The highest BCUT2D eigenvalue weighted by molar-refractivity contribution is 9.24. The summed E-state index contributed by atoms with van der Waals surface area (Å²) in [5.41, 5.74) is 0. The molecule has 1 unspecified atom stereocenters. The van der Waals surface area contributed by atoms with Crippen LogP contribution < -0.4 is 0 Å². The first kappa shape index (κ1) is 8.03. The van der Waals surface area contributed by atoms with E-state index in [0.29, 0.717) is 0 Å². The largest absolute Gasteiger partial charge is 0.750 e. The molecule has 0 heterocycles. The van der Waals surface area contributed by atoms with Crippen molar-refractivity contribution in [1.29, 1.82) is 0 Å². The molecule has 0 aliphatic rings. The summed E-state index contributed by atoms with van der Waals surface area (Å²) in [5, 5.41) is 0. The fraction of sp³-hybridized carbons (Fsp3) is 1.00. The van der Waals surface area contributed by atoms with Gasteiger partial charge in [-0.15, -0.1) is 0 Å². The second-order valence-electron chi connectivity index (χ2n) is 0.561. The van der Waals surface area contributed by atoms with E-state index in [1.807, 2.05) is 0 Å². The molecule has 0 spiro atoms. The van der Waals surface area contributed by atoms with E-state index < -0.39 is 15.3 Å². The van der Waals surface area contributed by atoms with E-state index in [-0.39, 0.29) is 0 Å². The van der Waals surface area contributed by atoms with Crippen molar-refractivity contribution in [2.45, 2.75) is 3.92 Å². The summed E-state index contributed by atoms with van der Waals surface area (Å²) in [6.07, 6.45) is 0. The van der Waals surface area contributed by atoms with Gasteiger partial charge in [0.1, 0.15) is 0 Å². The van der Waals surface area contributed by atoms with Gasteiger partial charge in [-0.2, -0.15) is 0 Å². The van der Waals surface area contributed by atoms with Crippen LogP contribution in [0.2, 0.25) is 0 Å². The lowest BCUT2D eigenvalue weighted by Gasteiger charge is -2.03. The van der Waals surface area contributed by atoms with E-state index in [0.717, 1.165) is 0 Å². The zero-order valence-electron chi connectivity index (χ0n) is 2.97. The summed E-state index contributed by atoms with van der Waals surface area (Å²) in [7, 11) is 0. The van der Waals surface area contributed by atoms with Crippen LogP contribution in [0.4, 0.5) is 0 Å². The second kappa shape index (κ2) is 3.96. The van der Waals surface area contributed by atoms with Crippen LogP contribution in [-0.4, -0.2) is 12.7 Å². The number of halogens is 2. The average molecular weight is 253 g/mol. The van der Waals surface area contributed by atoms with Crippen molar-refractivity contribution >= 4 is 43.2 Å². The highest BCUT2D eigenvalue weighted by Crippen LogP contribution is 2.09. The molecule has 3 nitrogen and oxygen atoms in total. The predicted molar refractivity (Wildman–Crippen MR) is 31.6 cm³/mol. The molecular weight excluding hydrogens is 252 g/mol. The van der Waals surface area contributed by atoms with Crippen LogP contribution in [0.5, 0.6) is 0 Å². The minimum Gasteiger partial charge on any atom is -0.750 e. The SMILES string of the molecule is O=S([O-])OC(Br)Br. The smallest absolute Gasteiger partial charge is 0.182 e. The zero-order valence-corrected chi connectivity index (χ0v) is 6.95. The van der Waals surface area contributed by atoms with Crippen molar-refractivity contribution in [3.8, 4) is 0 Å². The van der Waals surface area contributed by atoms with Crippen molar-refractivity contribution in [3.05, 3.63) is 0 Å². The van der Waals surface area contributed by atoms with Gasteiger partial charge in [0.25, 0.3) is 0 Å². The summed E-state index contributed by atoms with van der Waals surface area (Å²) in [6, 6.07) is 0. The normalized spacial score (nSPS) is 14.9. The fourth-order valence-corrected chi connectivity index (χ4v) is 0.926. The molecule has 0 fully saturated rings. The lowest BCUT2D eigenvalue weighted by Crippen LogP contribution is -1.97. The van der Waals surface area contributed by atoms with Crippen LogP contribution in [-0.2, 0) is 15.5 Å². The number of rotatable bonds is 2. The van der Waals surface area contributed by atoms with Crippen LogP contribution in [0.3, 0.4) is 0 Å². The monoisotopic (exact) mass is 251 g/mol. The van der Waals surface area contributed by atoms with E-state index in [1.54, 1.807) is 0 Å². The van der Waals surface area contributed by atoms with Crippen LogP contribution in [0.15, 0.2) is 0 Å². The number of alkyl halides is 2. The molecule has 0 saturated heterocycles. The van der Waals surface area contributed by atoms with Crippen molar-refractivity contribution in [2.75, 3.05) is 0 Å². The van der Waals surface area contributed by atoms with Gasteiger partial charge in [-0.05, 0) is 31.9 Å². The molecule has 0 radical (unpaired) electrons. The van der Waals surface area contributed by atoms with Gasteiger partial charge >= 0.3 is 0 Å². The maximum absolute atomic E-state index is 9.53. The Morgan fingerprint density at radius 1 is 1.71 bits per heavy atom. The molecule has 0 aliphatic carbocycles. The highest BCUT2D eigenvalue weighted by Gasteiger charge is 1.92. The first-order valence-corrected chi connectivity index (χ1v) is 4.00. The first-order valence-electron chi connectivity index (χ1n) is 1.17. The Morgan fingerprint density at radius 2 is 2.14 bits per heavy atom. The molecule has 1 atom stereocenters. The van der Waals surface area contributed by atoms with Gasteiger partial charge in [-0.25, -0.2) is 4.21 Å². The van der Waals surface area contributed by atoms with E-state index >= 15 is 0 Å². The topological polar surface area (TPSA) is 49.4 Å². The molecule has 0 amide bonds. The lowest BCUT2D eigenvalue weighted by atomic mass is 11.7. The molecule has 0 rings (SSSR count).